The van der Waals surface area contributed by atoms with Gasteiger partial charge in [-0.25, -0.2) is 0 Å². The summed E-state index contributed by atoms with van der Waals surface area (Å²) in [6.45, 7) is 1.46. The third-order valence-electron chi connectivity index (χ3n) is 4.39. The molecule has 24 heavy (non-hydrogen) atoms. The van der Waals surface area contributed by atoms with Crippen LogP contribution in [0, 0.1) is 0 Å². The number of nitrogens with zero attached hydrogens (tertiary/aromatic N) is 1. The molecule has 124 valence electrons. The van der Waals surface area contributed by atoms with Crippen molar-refractivity contribution < 1.29 is 9.53 Å². The molecule has 1 heterocycles. The van der Waals surface area contributed by atoms with Crippen molar-refractivity contribution in [2.75, 3.05) is 0 Å². The number of hydrogen-bond acceptors (Lipinski definition) is 3. The summed E-state index contributed by atoms with van der Waals surface area (Å²) in [5, 5.41) is 0. The molecule has 0 amide bonds. The van der Waals surface area contributed by atoms with Gasteiger partial charge in [-0.3, -0.25) is 9.79 Å². The Labute approximate surface area is 143 Å². The lowest BCUT2D eigenvalue weighted by molar-refractivity contribution is -0.147. The van der Waals surface area contributed by atoms with Crippen LogP contribution in [-0.4, -0.2) is 17.7 Å². The number of ether oxygens (including phenoxy) is 1. The van der Waals surface area contributed by atoms with E-state index in [1.165, 1.54) is 18.2 Å². The van der Waals surface area contributed by atoms with Gasteiger partial charge in [0.05, 0.1) is 6.04 Å². The summed E-state index contributed by atoms with van der Waals surface area (Å²) in [5.41, 5.74) is 3.59. The predicted octanol–water partition coefficient (Wildman–Crippen LogP) is 4.53. The zero-order chi connectivity index (χ0) is 16.8. The van der Waals surface area contributed by atoms with E-state index in [0.717, 1.165) is 31.2 Å². The molecule has 3 rings (SSSR count). The van der Waals surface area contributed by atoms with Crippen molar-refractivity contribution in [2.45, 2.75) is 44.8 Å². The van der Waals surface area contributed by atoms with E-state index in [2.05, 4.69) is 24.3 Å². The van der Waals surface area contributed by atoms with Crippen molar-refractivity contribution >= 4 is 11.7 Å². The number of rotatable bonds is 6. The van der Waals surface area contributed by atoms with Crippen LogP contribution in [0.2, 0.25) is 0 Å². The Kier molecular flexibility index (Phi) is 5.42. The molecule has 0 radical (unpaired) electrons. The van der Waals surface area contributed by atoms with E-state index in [1.54, 1.807) is 0 Å². The van der Waals surface area contributed by atoms with E-state index in [1.807, 2.05) is 36.4 Å². The highest BCUT2D eigenvalue weighted by molar-refractivity contribution is 5.86. The number of carbonyl (C=O) groups is 1. The first-order valence-electron chi connectivity index (χ1n) is 8.54. The van der Waals surface area contributed by atoms with Gasteiger partial charge in [0.15, 0.2) is 0 Å². The lowest BCUT2D eigenvalue weighted by Crippen LogP contribution is -2.20. The van der Waals surface area contributed by atoms with Crippen molar-refractivity contribution in [3.8, 4) is 0 Å². The van der Waals surface area contributed by atoms with E-state index in [0.29, 0.717) is 0 Å². The van der Waals surface area contributed by atoms with Crippen LogP contribution < -0.4 is 0 Å². The summed E-state index contributed by atoms with van der Waals surface area (Å²) in [6.07, 6.45) is 3.63. The van der Waals surface area contributed by atoms with E-state index in [-0.39, 0.29) is 18.1 Å². The molecule has 0 N–H and O–H groups in total. The van der Waals surface area contributed by atoms with E-state index in [4.69, 9.17) is 9.73 Å². The third kappa shape index (κ3) is 4.31. The minimum atomic E-state index is -0.280. The first-order chi connectivity index (χ1) is 11.7. The Morgan fingerprint density at radius 2 is 1.75 bits per heavy atom. The molecule has 0 spiro atoms. The number of carbonyl (C=O) groups excluding carboxylic acids is 1. The van der Waals surface area contributed by atoms with Crippen LogP contribution in [0.25, 0.3) is 0 Å². The second-order valence-electron chi connectivity index (χ2n) is 6.23. The lowest BCUT2D eigenvalue weighted by Gasteiger charge is -2.21. The molecule has 2 unspecified atom stereocenters. The number of hydrogen-bond donors (Lipinski definition) is 0. The second-order valence-corrected chi connectivity index (χ2v) is 6.23. The number of benzene rings is 2. The average Bonchev–Trinajstić information content (AvgIpc) is 3.08. The minimum absolute atomic E-state index is 0.0297. The summed E-state index contributed by atoms with van der Waals surface area (Å²) < 4.78 is 5.59. The average molecular weight is 321 g/mol. The summed E-state index contributed by atoms with van der Waals surface area (Å²) >= 11 is 0. The zero-order valence-corrected chi connectivity index (χ0v) is 14.0. The number of esters is 1. The maximum absolute atomic E-state index is 11.5. The molecule has 0 fully saturated rings. The molecule has 0 bridgehead atoms. The number of aryl methyl sites for hydroxylation is 1. The van der Waals surface area contributed by atoms with Gasteiger partial charge >= 0.3 is 5.97 Å². The van der Waals surface area contributed by atoms with Crippen LogP contribution in [0.15, 0.2) is 65.7 Å². The fourth-order valence-corrected chi connectivity index (χ4v) is 3.21. The molecule has 2 aromatic rings. The Morgan fingerprint density at radius 1 is 1.08 bits per heavy atom. The molecule has 2 atom stereocenters. The molecule has 0 saturated heterocycles. The molecule has 3 heteroatoms. The Balaban J connectivity index is 1.68. The molecule has 3 nitrogen and oxygen atoms in total. The highest BCUT2D eigenvalue weighted by atomic mass is 16.5. The van der Waals surface area contributed by atoms with Gasteiger partial charge in [-0.1, -0.05) is 60.7 Å². The first-order valence-corrected chi connectivity index (χ1v) is 8.54. The van der Waals surface area contributed by atoms with Gasteiger partial charge < -0.3 is 4.74 Å². The molecular weight excluding hydrogens is 298 g/mol. The maximum Gasteiger partial charge on any atom is 0.303 e. The summed E-state index contributed by atoms with van der Waals surface area (Å²) in [5.74, 6) is -0.253. The summed E-state index contributed by atoms with van der Waals surface area (Å²) in [7, 11) is 0. The molecular formula is C21H23NO2. The topological polar surface area (TPSA) is 38.7 Å². The molecule has 0 aliphatic carbocycles. The van der Waals surface area contributed by atoms with Crippen molar-refractivity contribution in [2.24, 2.45) is 4.99 Å². The Bertz CT molecular complexity index is 694. The van der Waals surface area contributed by atoms with Gasteiger partial charge in [-0.05, 0) is 36.8 Å². The molecule has 0 aromatic heterocycles. The van der Waals surface area contributed by atoms with Gasteiger partial charge in [-0.15, -0.1) is 0 Å². The van der Waals surface area contributed by atoms with Gasteiger partial charge in [0.2, 0.25) is 0 Å². The fourth-order valence-electron chi connectivity index (χ4n) is 3.21. The number of aliphatic imine (C=N–C) groups is 1. The predicted molar refractivity (Wildman–Crippen MR) is 96.2 cm³/mol. The highest BCUT2D eigenvalue weighted by Crippen LogP contribution is 2.31. The van der Waals surface area contributed by atoms with Crippen LogP contribution in [0.4, 0.5) is 0 Å². The first kappa shape index (κ1) is 16.4. The third-order valence-corrected chi connectivity index (χ3v) is 4.39. The van der Waals surface area contributed by atoms with E-state index < -0.39 is 0 Å². The van der Waals surface area contributed by atoms with Gasteiger partial charge in [-0.2, -0.15) is 0 Å². The van der Waals surface area contributed by atoms with Crippen LogP contribution in [0.5, 0.6) is 0 Å². The SMILES string of the molecule is CC(=O)OC(c1ccccc1)C1CCC(CCc2ccccc2)=N1. The smallest absolute Gasteiger partial charge is 0.303 e. The molecule has 1 aliphatic rings. The fraction of sp³-hybridized carbons (Fsp3) is 0.333. The van der Waals surface area contributed by atoms with Crippen LogP contribution in [0.3, 0.4) is 0 Å². The van der Waals surface area contributed by atoms with Crippen LogP contribution >= 0.6 is 0 Å². The van der Waals surface area contributed by atoms with Gasteiger partial charge in [0.25, 0.3) is 0 Å². The van der Waals surface area contributed by atoms with Crippen molar-refractivity contribution in [3.05, 3.63) is 71.8 Å². The maximum atomic E-state index is 11.5. The van der Waals surface area contributed by atoms with E-state index >= 15 is 0 Å². The van der Waals surface area contributed by atoms with Gasteiger partial charge in [0.1, 0.15) is 6.10 Å². The Morgan fingerprint density at radius 3 is 2.42 bits per heavy atom. The zero-order valence-electron chi connectivity index (χ0n) is 14.0. The summed E-state index contributed by atoms with van der Waals surface area (Å²) in [6, 6.07) is 20.4. The van der Waals surface area contributed by atoms with E-state index in [9.17, 15) is 4.79 Å². The van der Waals surface area contributed by atoms with Crippen molar-refractivity contribution in [1.29, 1.82) is 0 Å². The molecule has 2 aromatic carbocycles. The monoisotopic (exact) mass is 321 g/mol. The van der Waals surface area contributed by atoms with Gasteiger partial charge in [0, 0.05) is 12.6 Å². The minimum Gasteiger partial charge on any atom is -0.455 e. The normalized spacial score (nSPS) is 18.0. The van der Waals surface area contributed by atoms with Crippen LogP contribution in [0.1, 0.15) is 43.4 Å². The summed E-state index contributed by atoms with van der Waals surface area (Å²) in [4.78, 5) is 16.4. The lowest BCUT2D eigenvalue weighted by atomic mass is 10.00. The standard InChI is InChI=1S/C21H23NO2/c1-16(23)24-21(18-10-6-3-7-11-18)20-15-14-19(22-20)13-12-17-8-4-2-5-9-17/h2-11,20-21H,12-15H2,1H3. The largest absolute Gasteiger partial charge is 0.455 e. The Hall–Kier alpha value is -2.42. The quantitative estimate of drug-likeness (QED) is 0.733. The molecule has 0 saturated carbocycles. The van der Waals surface area contributed by atoms with Crippen LogP contribution in [-0.2, 0) is 16.0 Å². The molecule has 1 aliphatic heterocycles. The second kappa shape index (κ2) is 7.91. The van der Waals surface area contributed by atoms with Crippen molar-refractivity contribution in [3.63, 3.8) is 0 Å². The highest BCUT2D eigenvalue weighted by Gasteiger charge is 2.29. The van der Waals surface area contributed by atoms with Crippen molar-refractivity contribution in [1.82, 2.24) is 0 Å².